The second kappa shape index (κ2) is 7.35. The summed E-state index contributed by atoms with van der Waals surface area (Å²) in [5.74, 6) is 0.914. The summed E-state index contributed by atoms with van der Waals surface area (Å²) >= 11 is 0. The lowest BCUT2D eigenvalue weighted by molar-refractivity contribution is -0.133. The first-order valence-corrected chi connectivity index (χ1v) is 8.56. The second-order valence-corrected chi connectivity index (χ2v) is 6.60. The van der Waals surface area contributed by atoms with E-state index in [0.29, 0.717) is 19.0 Å². The Bertz CT molecular complexity index is 526. The Morgan fingerprint density at radius 2 is 2.04 bits per heavy atom. The van der Waals surface area contributed by atoms with Gasteiger partial charge in [-0.3, -0.25) is 9.69 Å². The zero-order valence-corrected chi connectivity index (χ0v) is 13.8. The summed E-state index contributed by atoms with van der Waals surface area (Å²) in [6, 6.07) is 0.510. The third-order valence-electron chi connectivity index (χ3n) is 5.01. The fourth-order valence-electron chi connectivity index (χ4n) is 3.61. The minimum atomic E-state index is -0.178. The molecule has 1 atom stereocenters. The first kappa shape index (κ1) is 16.3. The number of rotatable bonds is 4. The van der Waals surface area contributed by atoms with Crippen LogP contribution in [0.1, 0.15) is 37.9 Å². The number of hydrogen-bond acceptors (Lipinski definition) is 6. The quantitative estimate of drug-likeness (QED) is 0.827. The number of carbonyl (C=O) groups is 1. The highest BCUT2D eigenvalue weighted by atomic mass is 16.3. The number of aliphatic hydroxyl groups excluding tert-OH is 1. The molecule has 0 aliphatic carbocycles. The van der Waals surface area contributed by atoms with E-state index in [9.17, 15) is 9.90 Å². The van der Waals surface area contributed by atoms with Crippen LogP contribution in [-0.4, -0.2) is 79.3 Å². The second-order valence-electron chi connectivity index (χ2n) is 6.60. The Kier molecular flexibility index (Phi) is 5.22. The van der Waals surface area contributed by atoms with E-state index in [1.54, 1.807) is 4.68 Å². The zero-order chi connectivity index (χ0) is 16.2. The van der Waals surface area contributed by atoms with Gasteiger partial charge in [0.2, 0.25) is 5.91 Å². The van der Waals surface area contributed by atoms with Crippen LogP contribution >= 0.6 is 0 Å². The molecule has 0 aromatic carbocycles. The Balaban J connectivity index is 1.43. The maximum absolute atomic E-state index is 12.3. The predicted octanol–water partition coefficient (Wildman–Crippen LogP) is -0.181. The number of hydrogen-bond donors (Lipinski definition) is 1. The molecule has 1 amide bonds. The van der Waals surface area contributed by atoms with E-state index < -0.39 is 0 Å². The molecule has 2 aliphatic heterocycles. The molecule has 1 aromatic rings. The molecular formula is C15H26N6O2. The topological polar surface area (TPSA) is 87.4 Å². The summed E-state index contributed by atoms with van der Waals surface area (Å²) in [6.45, 7) is 5.86. The molecule has 3 heterocycles. The molecule has 0 saturated carbocycles. The van der Waals surface area contributed by atoms with Gasteiger partial charge in [-0.2, -0.15) is 0 Å². The lowest BCUT2D eigenvalue weighted by Crippen LogP contribution is -2.50. The van der Waals surface area contributed by atoms with Gasteiger partial charge in [0.05, 0.1) is 12.6 Å². The zero-order valence-electron chi connectivity index (χ0n) is 13.8. The number of nitrogens with zero attached hydrogens (tertiary/aromatic N) is 6. The number of carbonyl (C=O) groups excluding carboxylic acids is 1. The van der Waals surface area contributed by atoms with Gasteiger partial charge in [0.15, 0.2) is 0 Å². The summed E-state index contributed by atoms with van der Waals surface area (Å²) in [5.41, 5.74) is 0. The lowest BCUT2D eigenvalue weighted by Gasteiger charge is -2.41. The van der Waals surface area contributed by atoms with Crippen LogP contribution in [0.3, 0.4) is 0 Å². The molecule has 23 heavy (non-hydrogen) atoms. The van der Waals surface area contributed by atoms with E-state index in [1.165, 1.54) is 0 Å². The van der Waals surface area contributed by atoms with Crippen LogP contribution in [0.4, 0.5) is 0 Å². The number of aryl methyl sites for hydroxylation is 2. The lowest BCUT2D eigenvalue weighted by atomic mass is 9.99. The van der Waals surface area contributed by atoms with E-state index in [4.69, 9.17) is 0 Å². The van der Waals surface area contributed by atoms with Crippen molar-refractivity contribution in [2.75, 3.05) is 26.2 Å². The summed E-state index contributed by atoms with van der Waals surface area (Å²) in [6.07, 6.45) is 4.27. The van der Waals surface area contributed by atoms with Gasteiger partial charge in [0, 0.05) is 32.1 Å². The maximum atomic E-state index is 12.3. The van der Waals surface area contributed by atoms with Gasteiger partial charge >= 0.3 is 0 Å². The number of likely N-dealkylation sites (tertiary alicyclic amines) is 2. The number of β-amino-alcohol motifs (C(OH)–C–C–N with tert-alkyl or cyclic N) is 1. The molecule has 128 valence electrons. The molecular weight excluding hydrogens is 296 g/mol. The minimum Gasteiger partial charge on any atom is -0.392 e. The molecule has 1 N–H and O–H groups in total. The van der Waals surface area contributed by atoms with Crippen molar-refractivity contribution in [1.82, 2.24) is 30.0 Å². The van der Waals surface area contributed by atoms with Crippen LogP contribution in [0, 0.1) is 6.92 Å². The Hall–Kier alpha value is -1.54. The number of amides is 1. The summed E-state index contributed by atoms with van der Waals surface area (Å²) in [4.78, 5) is 16.7. The third kappa shape index (κ3) is 4.06. The molecule has 0 unspecified atom stereocenters. The van der Waals surface area contributed by atoms with Gasteiger partial charge < -0.3 is 10.0 Å². The van der Waals surface area contributed by atoms with Gasteiger partial charge in [0.25, 0.3) is 0 Å². The average molecular weight is 322 g/mol. The summed E-state index contributed by atoms with van der Waals surface area (Å²) < 4.78 is 1.67. The molecule has 1 aromatic heterocycles. The average Bonchev–Trinajstić information content (AvgIpc) is 2.98. The van der Waals surface area contributed by atoms with Gasteiger partial charge in [-0.05, 0) is 49.6 Å². The Labute approximate surface area is 136 Å². The number of aliphatic hydroxyl groups is 1. The van der Waals surface area contributed by atoms with Crippen LogP contribution < -0.4 is 0 Å². The molecule has 8 nitrogen and oxygen atoms in total. The van der Waals surface area contributed by atoms with Crippen molar-refractivity contribution in [3.05, 3.63) is 5.82 Å². The van der Waals surface area contributed by atoms with Gasteiger partial charge in [-0.15, -0.1) is 5.10 Å². The first-order valence-electron chi connectivity index (χ1n) is 8.56. The highest BCUT2D eigenvalue weighted by molar-refractivity contribution is 5.76. The van der Waals surface area contributed by atoms with Gasteiger partial charge in [0.1, 0.15) is 5.82 Å². The maximum Gasteiger partial charge on any atom is 0.224 e. The molecule has 2 saturated heterocycles. The normalized spacial score (nSPS) is 24.1. The molecule has 0 spiro atoms. The van der Waals surface area contributed by atoms with Crippen molar-refractivity contribution in [2.24, 2.45) is 0 Å². The Morgan fingerprint density at radius 1 is 1.26 bits per heavy atom. The van der Waals surface area contributed by atoms with Crippen LogP contribution in [0.25, 0.3) is 0 Å². The minimum absolute atomic E-state index is 0.178. The van der Waals surface area contributed by atoms with Crippen LogP contribution in [0.2, 0.25) is 0 Å². The molecule has 0 radical (unpaired) electrons. The monoisotopic (exact) mass is 322 g/mol. The van der Waals surface area contributed by atoms with Crippen molar-refractivity contribution in [3.8, 4) is 0 Å². The number of tetrazole rings is 1. The van der Waals surface area contributed by atoms with Crippen molar-refractivity contribution < 1.29 is 9.90 Å². The smallest absolute Gasteiger partial charge is 0.224 e. The fraction of sp³-hybridized carbons (Fsp3) is 0.867. The van der Waals surface area contributed by atoms with Crippen molar-refractivity contribution >= 4 is 5.91 Å². The first-order chi connectivity index (χ1) is 11.1. The van der Waals surface area contributed by atoms with Crippen LogP contribution in [-0.2, 0) is 11.3 Å². The SMILES string of the molecule is Cc1nnnn1CCC(=O)N1CCC(N2CCC[C@H](O)C2)CC1. The largest absolute Gasteiger partial charge is 0.392 e. The number of aromatic nitrogens is 4. The highest BCUT2D eigenvalue weighted by Gasteiger charge is 2.29. The van der Waals surface area contributed by atoms with E-state index >= 15 is 0 Å². The fourth-order valence-corrected chi connectivity index (χ4v) is 3.61. The van der Waals surface area contributed by atoms with E-state index in [0.717, 1.165) is 57.7 Å². The van der Waals surface area contributed by atoms with Gasteiger partial charge in [-0.25, -0.2) is 4.68 Å². The van der Waals surface area contributed by atoms with Crippen LogP contribution in [0.5, 0.6) is 0 Å². The predicted molar refractivity (Wildman–Crippen MR) is 83.6 cm³/mol. The Morgan fingerprint density at radius 3 is 2.70 bits per heavy atom. The highest BCUT2D eigenvalue weighted by Crippen LogP contribution is 2.21. The van der Waals surface area contributed by atoms with E-state index in [2.05, 4.69) is 20.4 Å². The standard InChI is InChI=1S/C15H26N6O2/c1-12-16-17-18-21(12)10-6-15(23)19-8-4-13(5-9-19)20-7-2-3-14(22)11-20/h13-14,22H,2-11H2,1H3/t14-/m0/s1. The summed E-state index contributed by atoms with van der Waals surface area (Å²) in [5, 5.41) is 21.1. The number of piperidine rings is 2. The molecule has 0 bridgehead atoms. The molecule has 8 heteroatoms. The summed E-state index contributed by atoms with van der Waals surface area (Å²) in [7, 11) is 0. The molecule has 3 rings (SSSR count). The van der Waals surface area contributed by atoms with E-state index in [-0.39, 0.29) is 12.0 Å². The molecule has 2 aliphatic rings. The molecule has 2 fully saturated rings. The van der Waals surface area contributed by atoms with E-state index in [1.807, 2.05) is 11.8 Å². The van der Waals surface area contributed by atoms with Crippen molar-refractivity contribution in [3.63, 3.8) is 0 Å². The van der Waals surface area contributed by atoms with Crippen LogP contribution in [0.15, 0.2) is 0 Å². The van der Waals surface area contributed by atoms with Crippen molar-refractivity contribution in [1.29, 1.82) is 0 Å². The third-order valence-corrected chi connectivity index (χ3v) is 5.01. The van der Waals surface area contributed by atoms with Crippen molar-refractivity contribution in [2.45, 2.75) is 57.7 Å². The van der Waals surface area contributed by atoms with Gasteiger partial charge in [-0.1, -0.05) is 0 Å².